The number of hydrogen-bond donors (Lipinski definition) is 1. The number of nitrogen functional groups attached to an aromatic ring is 1. The van der Waals surface area contributed by atoms with E-state index in [1.54, 1.807) is 11.8 Å². The third-order valence-corrected chi connectivity index (χ3v) is 5.06. The van der Waals surface area contributed by atoms with Gasteiger partial charge >= 0.3 is 5.97 Å². The van der Waals surface area contributed by atoms with Gasteiger partial charge in [0.15, 0.2) is 5.17 Å². The molecule has 2 aliphatic rings. The average molecular weight is 331 g/mol. The third kappa shape index (κ3) is 3.08. The van der Waals surface area contributed by atoms with Crippen LogP contribution in [0, 0.1) is 0 Å². The molecule has 1 aromatic carbocycles. The molecule has 0 aromatic heterocycles. The molecule has 0 spiro atoms. The lowest BCUT2D eigenvalue weighted by Crippen LogP contribution is -2.42. The fraction of sp³-hybridized carbons (Fsp3) is 0.412. The normalized spacial score (nSPS) is 20.9. The molecule has 0 unspecified atom stereocenters. The van der Waals surface area contributed by atoms with Crippen molar-refractivity contribution in [1.82, 2.24) is 4.90 Å². The van der Waals surface area contributed by atoms with Gasteiger partial charge in [-0.25, -0.2) is 9.79 Å². The standard InChI is InChI=1S/C17H21N3O2S/c1-3-22-16(21)14-11(2)19-17-20(8-5-9-23-17)15(14)12-6-4-7-13(18)10-12/h4,6-7,10,15H,3,5,8-9,18H2,1-2H3/t15-/m0/s1. The van der Waals surface area contributed by atoms with Gasteiger partial charge in [0.05, 0.1) is 23.9 Å². The number of carbonyl (C=O) groups excluding carboxylic acids is 1. The first-order valence-electron chi connectivity index (χ1n) is 7.83. The Morgan fingerprint density at radius 3 is 3.09 bits per heavy atom. The summed E-state index contributed by atoms with van der Waals surface area (Å²) in [5.74, 6) is 0.761. The van der Waals surface area contributed by atoms with Gasteiger partial charge in [-0.2, -0.15) is 0 Å². The predicted molar refractivity (Wildman–Crippen MR) is 94.1 cm³/mol. The minimum Gasteiger partial charge on any atom is -0.463 e. The fourth-order valence-electron chi connectivity index (χ4n) is 3.01. The maximum atomic E-state index is 12.5. The minimum atomic E-state index is -0.296. The van der Waals surface area contributed by atoms with Crippen LogP contribution < -0.4 is 5.73 Å². The van der Waals surface area contributed by atoms with Gasteiger partial charge < -0.3 is 15.4 Å². The molecule has 0 radical (unpaired) electrons. The Labute approximate surface area is 140 Å². The highest BCUT2D eigenvalue weighted by Gasteiger charge is 2.37. The van der Waals surface area contributed by atoms with E-state index in [1.165, 1.54) is 0 Å². The summed E-state index contributed by atoms with van der Waals surface area (Å²) in [7, 11) is 0. The topological polar surface area (TPSA) is 67.9 Å². The molecule has 122 valence electrons. The van der Waals surface area contributed by atoms with Crippen LogP contribution in [0.1, 0.15) is 31.9 Å². The van der Waals surface area contributed by atoms with Crippen molar-refractivity contribution in [2.75, 3.05) is 24.6 Å². The van der Waals surface area contributed by atoms with Gasteiger partial charge in [-0.1, -0.05) is 23.9 Å². The summed E-state index contributed by atoms with van der Waals surface area (Å²) in [4.78, 5) is 19.4. The van der Waals surface area contributed by atoms with Crippen molar-refractivity contribution in [2.45, 2.75) is 26.3 Å². The number of rotatable bonds is 3. The number of amidine groups is 1. The molecule has 0 aliphatic carbocycles. The summed E-state index contributed by atoms with van der Waals surface area (Å²) in [5, 5.41) is 0.981. The molecule has 2 aliphatic heterocycles. The summed E-state index contributed by atoms with van der Waals surface area (Å²) in [6.45, 7) is 4.93. The Hall–Kier alpha value is -1.95. The monoisotopic (exact) mass is 331 g/mol. The minimum absolute atomic E-state index is 0.183. The van der Waals surface area contributed by atoms with Gasteiger partial charge in [0.1, 0.15) is 0 Å². The first kappa shape index (κ1) is 15.9. The fourth-order valence-corrected chi connectivity index (χ4v) is 4.03. The lowest BCUT2D eigenvalue weighted by Gasteiger charge is -2.40. The number of hydrogen-bond acceptors (Lipinski definition) is 6. The van der Waals surface area contributed by atoms with E-state index >= 15 is 0 Å². The second-order valence-corrected chi connectivity index (χ2v) is 6.64. The highest BCUT2D eigenvalue weighted by molar-refractivity contribution is 8.13. The highest BCUT2D eigenvalue weighted by Crippen LogP contribution is 2.40. The van der Waals surface area contributed by atoms with E-state index in [1.807, 2.05) is 38.1 Å². The van der Waals surface area contributed by atoms with Crippen molar-refractivity contribution in [2.24, 2.45) is 4.99 Å². The number of esters is 1. The number of allylic oxidation sites excluding steroid dienone is 1. The van der Waals surface area contributed by atoms with Crippen molar-refractivity contribution in [3.05, 3.63) is 41.1 Å². The molecule has 3 rings (SSSR count). The van der Waals surface area contributed by atoms with E-state index in [9.17, 15) is 4.79 Å². The summed E-state index contributed by atoms with van der Waals surface area (Å²) < 4.78 is 5.28. The Morgan fingerprint density at radius 1 is 1.52 bits per heavy atom. The number of carbonyl (C=O) groups is 1. The summed E-state index contributed by atoms with van der Waals surface area (Å²) in [6, 6.07) is 7.53. The average Bonchev–Trinajstić information content (AvgIpc) is 2.53. The SMILES string of the molecule is CCOC(=O)C1=C(C)N=C2SCCCN2[C@H]1c1cccc(N)c1. The van der Waals surface area contributed by atoms with Crippen LogP contribution in [0.25, 0.3) is 0 Å². The molecule has 23 heavy (non-hydrogen) atoms. The molecule has 1 atom stereocenters. The molecular formula is C17H21N3O2S. The summed E-state index contributed by atoms with van der Waals surface area (Å²) in [5.41, 5.74) is 9.00. The third-order valence-electron chi connectivity index (χ3n) is 3.98. The van der Waals surface area contributed by atoms with E-state index in [2.05, 4.69) is 9.89 Å². The number of ether oxygens (including phenoxy) is 1. The first-order valence-corrected chi connectivity index (χ1v) is 8.82. The van der Waals surface area contributed by atoms with Crippen LogP contribution in [-0.4, -0.2) is 34.9 Å². The number of anilines is 1. The van der Waals surface area contributed by atoms with Crippen LogP contribution in [0.15, 0.2) is 40.5 Å². The van der Waals surface area contributed by atoms with Crippen LogP contribution in [0.5, 0.6) is 0 Å². The summed E-state index contributed by atoms with van der Waals surface area (Å²) >= 11 is 1.74. The lowest BCUT2D eigenvalue weighted by molar-refractivity contribution is -0.139. The lowest BCUT2D eigenvalue weighted by atomic mass is 9.94. The Balaban J connectivity index is 2.10. The largest absolute Gasteiger partial charge is 0.463 e. The highest BCUT2D eigenvalue weighted by atomic mass is 32.2. The van der Waals surface area contributed by atoms with E-state index in [0.717, 1.165) is 35.1 Å². The van der Waals surface area contributed by atoms with E-state index in [0.29, 0.717) is 17.9 Å². The van der Waals surface area contributed by atoms with Crippen molar-refractivity contribution < 1.29 is 9.53 Å². The van der Waals surface area contributed by atoms with Crippen LogP contribution >= 0.6 is 11.8 Å². The molecular weight excluding hydrogens is 310 g/mol. The van der Waals surface area contributed by atoms with E-state index in [-0.39, 0.29) is 12.0 Å². The Morgan fingerprint density at radius 2 is 2.35 bits per heavy atom. The predicted octanol–water partition coefficient (Wildman–Crippen LogP) is 2.96. The van der Waals surface area contributed by atoms with Gasteiger partial charge in [0, 0.05) is 18.0 Å². The number of fused-ring (bicyclic) bond motifs is 1. The van der Waals surface area contributed by atoms with Gasteiger partial charge in [-0.05, 0) is 38.0 Å². The molecule has 1 fully saturated rings. The van der Waals surface area contributed by atoms with Crippen LogP contribution in [0.3, 0.4) is 0 Å². The number of nitrogens with two attached hydrogens (primary N) is 1. The van der Waals surface area contributed by atoms with Gasteiger partial charge in [0.2, 0.25) is 0 Å². The molecule has 2 heterocycles. The smallest absolute Gasteiger partial charge is 0.338 e. The zero-order valence-electron chi connectivity index (χ0n) is 13.4. The van der Waals surface area contributed by atoms with Gasteiger partial charge in [-0.15, -0.1) is 0 Å². The zero-order valence-corrected chi connectivity index (χ0v) is 14.2. The molecule has 1 aromatic rings. The maximum absolute atomic E-state index is 12.5. The number of nitrogens with zero attached hydrogens (tertiary/aromatic N) is 2. The van der Waals surface area contributed by atoms with Gasteiger partial charge in [0.25, 0.3) is 0 Å². The van der Waals surface area contributed by atoms with Crippen LogP contribution in [-0.2, 0) is 9.53 Å². The van der Waals surface area contributed by atoms with Crippen LogP contribution in [0.2, 0.25) is 0 Å². The number of thioether (sulfide) groups is 1. The zero-order chi connectivity index (χ0) is 16.4. The van der Waals surface area contributed by atoms with Crippen molar-refractivity contribution in [3.63, 3.8) is 0 Å². The molecule has 5 nitrogen and oxygen atoms in total. The molecule has 0 bridgehead atoms. The maximum Gasteiger partial charge on any atom is 0.338 e. The molecule has 0 amide bonds. The van der Waals surface area contributed by atoms with Crippen LogP contribution in [0.4, 0.5) is 5.69 Å². The number of benzene rings is 1. The second kappa shape index (κ2) is 6.66. The molecule has 0 saturated carbocycles. The second-order valence-electron chi connectivity index (χ2n) is 5.58. The molecule has 1 saturated heterocycles. The van der Waals surface area contributed by atoms with Gasteiger partial charge in [-0.3, -0.25) is 0 Å². The molecule has 2 N–H and O–H groups in total. The Bertz CT molecular complexity index is 684. The van der Waals surface area contributed by atoms with Crippen molar-refractivity contribution >= 4 is 28.6 Å². The first-order chi connectivity index (χ1) is 11.1. The number of aliphatic imine (C=N–C) groups is 1. The van der Waals surface area contributed by atoms with Crippen molar-refractivity contribution in [1.29, 1.82) is 0 Å². The van der Waals surface area contributed by atoms with E-state index < -0.39 is 0 Å². The molecule has 6 heteroatoms. The van der Waals surface area contributed by atoms with Crippen molar-refractivity contribution in [3.8, 4) is 0 Å². The van der Waals surface area contributed by atoms with E-state index in [4.69, 9.17) is 10.5 Å². The summed E-state index contributed by atoms with van der Waals surface area (Å²) in [6.07, 6.45) is 1.07. The Kier molecular flexibility index (Phi) is 4.61. The quantitative estimate of drug-likeness (QED) is 0.681.